The Labute approximate surface area is 204 Å². The second-order valence-electron chi connectivity index (χ2n) is 7.63. The molecule has 1 aromatic carbocycles. The summed E-state index contributed by atoms with van der Waals surface area (Å²) in [7, 11) is 1.48. The van der Waals surface area contributed by atoms with Crippen molar-refractivity contribution in [3.63, 3.8) is 0 Å². The SMILES string of the molecule is CCCCCOC(=O)CSc1nc2c(c(=O)[nH]c(=O)n2C)n1C[C@H](O)COc1ccc(Cl)cc1. The second-order valence-corrected chi connectivity index (χ2v) is 9.01. The maximum Gasteiger partial charge on any atom is 0.329 e. The topological polar surface area (TPSA) is 128 Å². The Morgan fingerprint density at radius 2 is 2.00 bits per heavy atom. The lowest BCUT2D eigenvalue weighted by Crippen LogP contribution is -2.30. The number of nitrogens with zero attached hydrogens (tertiary/aromatic N) is 3. The lowest BCUT2D eigenvalue weighted by atomic mass is 10.3. The number of esters is 1. The van der Waals surface area contributed by atoms with Crippen LogP contribution in [0.15, 0.2) is 39.0 Å². The van der Waals surface area contributed by atoms with Crippen LogP contribution >= 0.6 is 23.4 Å². The van der Waals surface area contributed by atoms with Crippen LogP contribution in [0, 0.1) is 0 Å². The first-order valence-corrected chi connectivity index (χ1v) is 12.2. The van der Waals surface area contributed by atoms with Crippen LogP contribution in [0.25, 0.3) is 11.2 Å². The second kappa shape index (κ2) is 12.1. The zero-order valence-electron chi connectivity index (χ0n) is 19.0. The normalized spacial score (nSPS) is 12.1. The molecule has 12 heteroatoms. The van der Waals surface area contributed by atoms with E-state index in [2.05, 4.69) is 16.9 Å². The smallest absolute Gasteiger partial charge is 0.329 e. The number of imidazole rings is 1. The molecule has 0 saturated heterocycles. The molecule has 0 saturated carbocycles. The number of ether oxygens (including phenoxy) is 2. The highest BCUT2D eigenvalue weighted by atomic mass is 35.5. The molecule has 0 amide bonds. The summed E-state index contributed by atoms with van der Waals surface area (Å²) >= 11 is 6.94. The number of carbonyl (C=O) groups is 1. The van der Waals surface area contributed by atoms with E-state index >= 15 is 0 Å². The molecule has 2 aromatic heterocycles. The number of hydrogen-bond acceptors (Lipinski definition) is 8. The number of aliphatic hydroxyl groups excluding tert-OH is 1. The van der Waals surface area contributed by atoms with Crippen molar-refractivity contribution in [2.24, 2.45) is 7.05 Å². The molecule has 1 atom stereocenters. The molecule has 0 aliphatic rings. The van der Waals surface area contributed by atoms with Gasteiger partial charge in [-0.15, -0.1) is 0 Å². The number of aromatic nitrogens is 4. The van der Waals surface area contributed by atoms with Gasteiger partial charge < -0.3 is 19.1 Å². The van der Waals surface area contributed by atoms with Crippen molar-refractivity contribution in [2.75, 3.05) is 19.0 Å². The number of rotatable bonds is 12. The molecule has 184 valence electrons. The number of thioether (sulfide) groups is 1. The van der Waals surface area contributed by atoms with E-state index in [1.807, 2.05) is 0 Å². The Morgan fingerprint density at radius 1 is 1.26 bits per heavy atom. The molecule has 3 aromatic rings. The number of aryl methyl sites for hydroxylation is 1. The summed E-state index contributed by atoms with van der Waals surface area (Å²) in [6.07, 6.45) is 1.78. The Morgan fingerprint density at radius 3 is 2.71 bits per heavy atom. The Kier molecular flexibility index (Phi) is 9.20. The third kappa shape index (κ3) is 6.64. The number of benzene rings is 1. The molecule has 3 rings (SSSR count). The highest BCUT2D eigenvalue weighted by Gasteiger charge is 2.21. The molecular weight excluding hydrogens is 484 g/mol. The predicted molar refractivity (Wildman–Crippen MR) is 130 cm³/mol. The van der Waals surface area contributed by atoms with Gasteiger partial charge in [0.15, 0.2) is 16.3 Å². The van der Waals surface area contributed by atoms with Crippen LogP contribution < -0.4 is 16.0 Å². The Hall–Kier alpha value is -2.76. The van der Waals surface area contributed by atoms with Gasteiger partial charge in [0.1, 0.15) is 18.5 Å². The minimum atomic E-state index is -1.01. The zero-order chi connectivity index (χ0) is 24.7. The van der Waals surface area contributed by atoms with E-state index in [0.717, 1.165) is 31.0 Å². The minimum absolute atomic E-state index is 0.0291. The summed E-state index contributed by atoms with van der Waals surface area (Å²) in [5, 5.41) is 11.5. The predicted octanol–water partition coefficient (Wildman–Crippen LogP) is 2.34. The van der Waals surface area contributed by atoms with E-state index in [-0.39, 0.29) is 30.1 Å². The Bertz CT molecular complexity index is 1240. The van der Waals surface area contributed by atoms with Gasteiger partial charge in [0.05, 0.1) is 18.9 Å². The van der Waals surface area contributed by atoms with Gasteiger partial charge in [0.25, 0.3) is 5.56 Å². The third-order valence-corrected chi connectivity index (χ3v) is 6.15. The molecule has 0 aliphatic heterocycles. The van der Waals surface area contributed by atoms with Gasteiger partial charge in [-0.1, -0.05) is 43.1 Å². The van der Waals surface area contributed by atoms with Crippen LogP contribution in [0.4, 0.5) is 0 Å². The molecule has 0 radical (unpaired) electrons. The maximum atomic E-state index is 12.6. The highest BCUT2D eigenvalue weighted by Crippen LogP contribution is 2.23. The van der Waals surface area contributed by atoms with Crippen molar-refractivity contribution in [1.29, 1.82) is 0 Å². The van der Waals surface area contributed by atoms with E-state index in [9.17, 15) is 19.5 Å². The van der Waals surface area contributed by atoms with E-state index in [0.29, 0.717) is 22.5 Å². The third-order valence-electron chi connectivity index (χ3n) is 4.95. The summed E-state index contributed by atoms with van der Waals surface area (Å²) in [6.45, 7) is 2.30. The first-order chi connectivity index (χ1) is 16.3. The van der Waals surface area contributed by atoms with Crippen molar-refractivity contribution in [3.05, 3.63) is 50.1 Å². The van der Waals surface area contributed by atoms with Crippen molar-refractivity contribution in [3.8, 4) is 5.75 Å². The van der Waals surface area contributed by atoms with Gasteiger partial charge in [-0.2, -0.15) is 0 Å². The number of aliphatic hydroxyl groups is 1. The van der Waals surface area contributed by atoms with E-state index in [1.165, 1.54) is 16.2 Å². The van der Waals surface area contributed by atoms with Crippen LogP contribution in [0.5, 0.6) is 5.75 Å². The van der Waals surface area contributed by atoms with Crippen molar-refractivity contribution < 1.29 is 19.4 Å². The number of fused-ring (bicyclic) bond motifs is 1. The molecule has 0 spiro atoms. The molecule has 34 heavy (non-hydrogen) atoms. The summed E-state index contributed by atoms with van der Waals surface area (Å²) in [5.74, 6) is 0.0901. The molecule has 0 aliphatic carbocycles. The van der Waals surface area contributed by atoms with Crippen molar-refractivity contribution in [2.45, 2.75) is 44.0 Å². The molecule has 10 nitrogen and oxygen atoms in total. The highest BCUT2D eigenvalue weighted by molar-refractivity contribution is 7.99. The van der Waals surface area contributed by atoms with Gasteiger partial charge >= 0.3 is 11.7 Å². The molecule has 0 bridgehead atoms. The Balaban J connectivity index is 1.77. The molecule has 0 fully saturated rings. The summed E-state index contributed by atoms with van der Waals surface area (Å²) < 4.78 is 13.5. The van der Waals surface area contributed by atoms with Crippen LogP contribution in [0.1, 0.15) is 26.2 Å². The summed E-state index contributed by atoms with van der Waals surface area (Å²) in [4.78, 5) is 43.3. The zero-order valence-corrected chi connectivity index (χ0v) is 20.5. The molecule has 0 unspecified atom stereocenters. The van der Waals surface area contributed by atoms with Crippen molar-refractivity contribution >= 4 is 40.5 Å². The number of halogens is 1. The molecule has 2 N–H and O–H groups in total. The van der Waals surface area contributed by atoms with Crippen molar-refractivity contribution in [1.82, 2.24) is 19.1 Å². The first-order valence-electron chi connectivity index (χ1n) is 10.8. The quantitative estimate of drug-likeness (QED) is 0.216. The fourth-order valence-electron chi connectivity index (χ4n) is 3.18. The summed E-state index contributed by atoms with van der Waals surface area (Å²) in [6, 6.07) is 6.69. The lowest BCUT2D eigenvalue weighted by molar-refractivity contribution is -0.140. The van der Waals surface area contributed by atoms with Crippen LogP contribution in [0.2, 0.25) is 5.02 Å². The number of hydrogen-bond donors (Lipinski definition) is 2. The maximum absolute atomic E-state index is 12.6. The number of unbranched alkanes of at least 4 members (excludes halogenated alkanes) is 2. The number of aromatic amines is 1. The van der Waals surface area contributed by atoms with E-state index in [4.69, 9.17) is 21.1 Å². The molecular formula is C22H27ClN4O6S. The monoisotopic (exact) mass is 510 g/mol. The van der Waals surface area contributed by atoms with E-state index < -0.39 is 23.3 Å². The first kappa shape index (κ1) is 25.9. The van der Waals surface area contributed by atoms with Crippen LogP contribution in [-0.4, -0.2) is 55.2 Å². The standard InChI is InChI=1S/C22H27ClN4O6S/c1-3-4-5-10-32-17(29)13-34-22-24-19-18(20(30)25-21(31)26(19)2)27(22)11-15(28)12-33-16-8-6-14(23)7-9-16/h6-9,15,28H,3-5,10-13H2,1-2H3,(H,25,30,31)/t15-/m0/s1. The lowest BCUT2D eigenvalue weighted by Gasteiger charge is -2.15. The largest absolute Gasteiger partial charge is 0.491 e. The van der Waals surface area contributed by atoms with Gasteiger partial charge in [0.2, 0.25) is 0 Å². The van der Waals surface area contributed by atoms with Gasteiger partial charge in [-0.05, 0) is 30.7 Å². The average molecular weight is 511 g/mol. The minimum Gasteiger partial charge on any atom is -0.491 e. The van der Waals surface area contributed by atoms with E-state index in [1.54, 1.807) is 24.3 Å². The summed E-state index contributed by atoms with van der Waals surface area (Å²) in [5.41, 5.74) is -0.976. The van der Waals surface area contributed by atoms with Gasteiger partial charge in [-0.3, -0.25) is 19.1 Å². The van der Waals surface area contributed by atoms with Crippen LogP contribution in [0.3, 0.4) is 0 Å². The fourth-order valence-corrected chi connectivity index (χ4v) is 4.11. The van der Waals surface area contributed by atoms with Crippen LogP contribution in [-0.2, 0) is 23.1 Å². The average Bonchev–Trinajstić information content (AvgIpc) is 3.17. The number of H-pyrrole nitrogens is 1. The number of carbonyl (C=O) groups excluding carboxylic acids is 1. The fraction of sp³-hybridized carbons (Fsp3) is 0.455. The van der Waals surface area contributed by atoms with Gasteiger partial charge in [-0.25, -0.2) is 9.78 Å². The number of nitrogens with one attached hydrogen (secondary N) is 1. The van der Waals surface area contributed by atoms with Gasteiger partial charge in [0, 0.05) is 12.1 Å². The molecule has 2 heterocycles.